The van der Waals surface area contributed by atoms with Crippen molar-refractivity contribution in [1.29, 1.82) is 0 Å². The third-order valence-corrected chi connectivity index (χ3v) is 6.15. The number of hydrazone groups is 1. The van der Waals surface area contributed by atoms with Gasteiger partial charge in [-0.3, -0.25) is 9.59 Å². The number of amides is 2. The van der Waals surface area contributed by atoms with Crippen LogP contribution in [0.3, 0.4) is 0 Å². The molecule has 0 aromatic heterocycles. The van der Waals surface area contributed by atoms with Crippen LogP contribution in [0.4, 0.5) is 5.69 Å². The topological polar surface area (TPSA) is 53.0 Å². The number of fused-ring (bicyclic) bond motifs is 1. The normalized spacial score (nSPS) is 30.4. The Kier molecular flexibility index (Phi) is 4.02. The second-order valence-corrected chi connectivity index (χ2v) is 8.03. The highest BCUT2D eigenvalue weighted by Gasteiger charge is 2.56. The van der Waals surface area contributed by atoms with Crippen LogP contribution in [0.2, 0.25) is 0 Å². The van der Waals surface area contributed by atoms with E-state index in [4.69, 9.17) is 0 Å². The van der Waals surface area contributed by atoms with Crippen LogP contribution in [0.1, 0.15) is 18.4 Å². The number of allylic oxidation sites excluding steroid dienone is 2. The first kappa shape index (κ1) is 16.5. The highest BCUT2D eigenvalue weighted by atomic mass is 79.9. The number of benzene rings is 1. The summed E-state index contributed by atoms with van der Waals surface area (Å²) in [5.41, 5.74) is 1.90. The highest BCUT2D eigenvalue weighted by Crippen LogP contribution is 2.49. The van der Waals surface area contributed by atoms with Gasteiger partial charge in [0.05, 0.1) is 23.7 Å². The Bertz CT molecular complexity index is 770. The molecule has 1 aromatic carbocycles. The van der Waals surface area contributed by atoms with Gasteiger partial charge >= 0.3 is 0 Å². The standard InChI is InChI=1S/C19H20BrN3O2/c1-22(2)15-8-3-11(9-14(15)20)10-21-23-18(24)16-12-4-5-13(7-6-12)17(16)19(23)25/h3-5,8-10,12-13,16-17H,6-7H2,1-2H3/b21-10-/t12-,13-,16-,17-/m0/s1. The summed E-state index contributed by atoms with van der Waals surface area (Å²) in [6.45, 7) is 0. The van der Waals surface area contributed by atoms with Crippen molar-refractivity contribution in [2.75, 3.05) is 19.0 Å². The lowest BCUT2D eigenvalue weighted by molar-refractivity contribution is -0.140. The molecule has 1 saturated heterocycles. The lowest BCUT2D eigenvalue weighted by Gasteiger charge is -2.37. The van der Waals surface area contributed by atoms with E-state index in [0.29, 0.717) is 0 Å². The molecule has 1 aliphatic heterocycles. The summed E-state index contributed by atoms with van der Waals surface area (Å²) in [6, 6.07) is 5.83. The number of halogens is 1. The molecule has 1 heterocycles. The first-order valence-corrected chi connectivity index (χ1v) is 9.33. The SMILES string of the molecule is CN(C)c1ccc(/C=N\N2C(=O)[C@@H]3[C@@H](C2=O)[C@H]2C=C[C@H]3CC2)cc1Br. The van der Waals surface area contributed by atoms with E-state index in [-0.39, 0.29) is 35.5 Å². The summed E-state index contributed by atoms with van der Waals surface area (Å²) < 4.78 is 0.941. The summed E-state index contributed by atoms with van der Waals surface area (Å²) in [4.78, 5) is 27.4. The van der Waals surface area contributed by atoms with Crippen LogP contribution in [-0.4, -0.2) is 37.1 Å². The summed E-state index contributed by atoms with van der Waals surface area (Å²) >= 11 is 3.54. The molecule has 1 saturated carbocycles. The Hall–Kier alpha value is -1.95. The van der Waals surface area contributed by atoms with Gasteiger partial charge < -0.3 is 4.90 Å². The molecule has 0 N–H and O–H groups in total. The Balaban J connectivity index is 1.57. The Morgan fingerprint density at radius 2 is 1.72 bits per heavy atom. The molecule has 4 aliphatic rings. The fourth-order valence-electron chi connectivity index (χ4n) is 4.26. The van der Waals surface area contributed by atoms with E-state index in [1.165, 1.54) is 0 Å². The molecule has 25 heavy (non-hydrogen) atoms. The van der Waals surface area contributed by atoms with Crippen LogP contribution in [0, 0.1) is 23.7 Å². The van der Waals surface area contributed by atoms with E-state index in [9.17, 15) is 9.59 Å². The molecule has 2 fully saturated rings. The van der Waals surface area contributed by atoms with Gasteiger partial charge in [-0.1, -0.05) is 18.2 Å². The number of nitrogens with zero attached hydrogens (tertiary/aromatic N) is 3. The monoisotopic (exact) mass is 401 g/mol. The van der Waals surface area contributed by atoms with Crippen molar-refractivity contribution in [3.63, 3.8) is 0 Å². The number of carbonyl (C=O) groups excluding carboxylic acids is 2. The summed E-state index contributed by atoms with van der Waals surface area (Å²) in [5.74, 6) is -0.323. The van der Waals surface area contributed by atoms with Crippen molar-refractivity contribution < 1.29 is 9.59 Å². The van der Waals surface area contributed by atoms with Crippen molar-refractivity contribution in [3.05, 3.63) is 40.4 Å². The largest absolute Gasteiger partial charge is 0.377 e. The number of anilines is 1. The van der Waals surface area contributed by atoms with Crippen molar-refractivity contribution in [2.45, 2.75) is 12.8 Å². The molecular formula is C19H20BrN3O2. The van der Waals surface area contributed by atoms with Crippen LogP contribution in [0.5, 0.6) is 0 Å². The van der Waals surface area contributed by atoms with E-state index >= 15 is 0 Å². The van der Waals surface area contributed by atoms with Gasteiger partial charge in [-0.15, -0.1) is 0 Å². The van der Waals surface area contributed by atoms with E-state index < -0.39 is 0 Å². The number of carbonyl (C=O) groups is 2. The number of hydrogen-bond donors (Lipinski definition) is 0. The first-order chi connectivity index (χ1) is 12.0. The van der Waals surface area contributed by atoms with Crippen LogP contribution >= 0.6 is 15.9 Å². The molecule has 4 atom stereocenters. The number of imide groups is 1. The maximum atomic E-state index is 12.7. The zero-order valence-corrected chi connectivity index (χ0v) is 15.8. The molecule has 5 nitrogen and oxygen atoms in total. The number of hydrogen-bond acceptors (Lipinski definition) is 4. The summed E-state index contributed by atoms with van der Waals surface area (Å²) in [5, 5.41) is 5.34. The molecule has 3 aliphatic carbocycles. The fourth-order valence-corrected chi connectivity index (χ4v) is 5.01. The minimum atomic E-state index is -0.212. The average Bonchev–Trinajstić information content (AvgIpc) is 2.87. The fraction of sp³-hybridized carbons (Fsp3) is 0.421. The van der Waals surface area contributed by atoms with Gasteiger partial charge in [-0.05, 0) is 58.3 Å². The van der Waals surface area contributed by atoms with Crippen LogP contribution in [0.25, 0.3) is 0 Å². The van der Waals surface area contributed by atoms with Crippen LogP contribution < -0.4 is 4.90 Å². The van der Waals surface area contributed by atoms with E-state index in [2.05, 4.69) is 33.2 Å². The van der Waals surface area contributed by atoms with Gasteiger partial charge in [0.1, 0.15) is 0 Å². The second-order valence-electron chi connectivity index (χ2n) is 7.18. The summed E-state index contributed by atoms with van der Waals surface area (Å²) in [6.07, 6.45) is 7.82. The van der Waals surface area contributed by atoms with Crippen molar-refractivity contribution >= 4 is 39.6 Å². The van der Waals surface area contributed by atoms with Crippen molar-refractivity contribution in [3.8, 4) is 0 Å². The maximum absolute atomic E-state index is 12.7. The van der Waals surface area contributed by atoms with Gasteiger partial charge in [0.2, 0.25) is 0 Å². The lowest BCUT2D eigenvalue weighted by atomic mass is 9.63. The van der Waals surface area contributed by atoms with Crippen LogP contribution in [0.15, 0.2) is 39.9 Å². The zero-order chi connectivity index (χ0) is 17.7. The molecule has 5 rings (SSSR count). The Morgan fingerprint density at radius 1 is 1.12 bits per heavy atom. The van der Waals surface area contributed by atoms with E-state index in [0.717, 1.165) is 33.6 Å². The van der Waals surface area contributed by atoms with Crippen molar-refractivity contribution in [1.82, 2.24) is 5.01 Å². The smallest absolute Gasteiger partial charge is 0.254 e. The molecule has 2 bridgehead atoms. The molecular weight excluding hydrogens is 382 g/mol. The molecule has 1 aromatic rings. The van der Waals surface area contributed by atoms with Crippen LogP contribution in [-0.2, 0) is 9.59 Å². The van der Waals surface area contributed by atoms with Crippen molar-refractivity contribution in [2.24, 2.45) is 28.8 Å². The Morgan fingerprint density at radius 3 is 2.20 bits per heavy atom. The molecule has 6 heteroatoms. The predicted octanol–water partition coefficient (Wildman–Crippen LogP) is 3.05. The minimum Gasteiger partial charge on any atom is -0.377 e. The Labute approximate surface area is 155 Å². The van der Waals surface area contributed by atoms with Gasteiger partial charge in [0, 0.05) is 18.6 Å². The van der Waals surface area contributed by atoms with Gasteiger partial charge in [-0.2, -0.15) is 10.1 Å². The molecule has 2 amide bonds. The number of rotatable bonds is 3. The van der Waals surface area contributed by atoms with Gasteiger partial charge in [0.25, 0.3) is 11.8 Å². The quantitative estimate of drug-likeness (QED) is 0.444. The van der Waals surface area contributed by atoms with Gasteiger partial charge in [0.15, 0.2) is 0 Å². The minimum absolute atomic E-state index is 0.144. The molecule has 0 spiro atoms. The highest BCUT2D eigenvalue weighted by molar-refractivity contribution is 9.10. The van der Waals surface area contributed by atoms with E-state index in [1.54, 1.807) is 6.21 Å². The average molecular weight is 402 g/mol. The third-order valence-electron chi connectivity index (χ3n) is 5.51. The molecule has 0 unspecified atom stereocenters. The zero-order valence-electron chi connectivity index (χ0n) is 14.2. The maximum Gasteiger partial charge on any atom is 0.254 e. The first-order valence-electron chi connectivity index (χ1n) is 8.54. The second kappa shape index (κ2) is 6.09. The summed E-state index contributed by atoms with van der Waals surface area (Å²) in [7, 11) is 3.94. The molecule has 0 radical (unpaired) electrons. The van der Waals surface area contributed by atoms with Gasteiger partial charge in [-0.25, -0.2) is 0 Å². The predicted molar refractivity (Wildman–Crippen MR) is 100 cm³/mol. The lowest BCUT2D eigenvalue weighted by Crippen LogP contribution is -2.38. The third kappa shape index (κ3) is 2.63. The molecule has 130 valence electrons. The van der Waals surface area contributed by atoms with E-state index in [1.807, 2.05) is 37.2 Å².